The van der Waals surface area contributed by atoms with Crippen molar-refractivity contribution in [3.63, 3.8) is 0 Å². The monoisotopic (exact) mass is 222 g/mol. The normalized spacial score (nSPS) is 37.6. The highest BCUT2D eigenvalue weighted by atomic mass is 16.7. The van der Waals surface area contributed by atoms with Crippen molar-refractivity contribution in [1.29, 1.82) is 0 Å². The van der Waals surface area contributed by atoms with Crippen molar-refractivity contribution in [2.45, 2.75) is 32.5 Å². The highest BCUT2D eigenvalue weighted by Gasteiger charge is 2.64. The Labute approximate surface area is 93.6 Å². The molecule has 3 rings (SSSR count). The van der Waals surface area contributed by atoms with E-state index in [1.165, 1.54) is 0 Å². The first-order valence-electron chi connectivity index (χ1n) is 5.59. The fourth-order valence-electron chi connectivity index (χ4n) is 3.06. The van der Waals surface area contributed by atoms with Crippen LogP contribution in [0.4, 0.5) is 0 Å². The third kappa shape index (κ3) is 1.05. The van der Waals surface area contributed by atoms with Gasteiger partial charge < -0.3 is 9.47 Å². The predicted molar refractivity (Wildman–Crippen MR) is 54.1 cm³/mol. The second kappa shape index (κ2) is 2.67. The third-order valence-corrected chi connectivity index (χ3v) is 3.79. The first-order valence-corrected chi connectivity index (χ1v) is 5.59. The number of hydrogen-bond acceptors (Lipinski definition) is 4. The van der Waals surface area contributed by atoms with Crippen LogP contribution in [0.25, 0.3) is 0 Å². The zero-order valence-electron chi connectivity index (χ0n) is 9.36. The average Bonchev–Trinajstić information content (AvgIpc) is 2.72. The SMILES string of the molecule is CC1(C)OC(=O)C2(CC3C=CC2C3)C(=O)O1. The quantitative estimate of drug-likeness (QED) is 0.353. The summed E-state index contributed by atoms with van der Waals surface area (Å²) in [6, 6.07) is 0. The van der Waals surface area contributed by atoms with Crippen LogP contribution in [0.15, 0.2) is 12.2 Å². The van der Waals surface area contributed by atoms with Crippen LogP contribution in [0.1, 0.15) is 26.7 Å². The van der Waals surface area contributed by atoms with Gasteiger partial charge >= 0.3 is 11.9 Å². The topological polar surface area (TPSA) is 52.6 Å². The molecule has 1 aliphatic heterocycles. The highest BCUT2D eigenvalue weighted by molar-refractivity contribution is 6.03. The molecule has 0 amide bonds. The van der Waals surface area contributed by atoms with Gasteiger partial charge in [-0.3, -0.25) is 9.59 Å². The van der Waals surface area contributed by atoms with Crippen molar-refractivity contribution >= 4 is 11.9 Å². The molecule has 86 valence electrons. The number of fused-ring (bicyclic) bond motifs is 3. The standard InChI is InChI=1S/C12H14O4/c1-11(2)15-9(13)12(10(14)16-11)6-7-3-4-8(12)5-7/h3-4,7-8H,5-6H2,1-2H3. The van der Waals surface area contributed by atoms with Gasteiger partial charge in [-0.05, 0) is 18.8 Å². The molecule has 1 saturated heterocycles. The van der Waals surface area contributed by atoms with Crippen LogP contribution in [0.5, 0.6) is 0 Å². The van der Waals surface area contributed by atoms with Crippen molar-refractivity contribution < 1.29 is 19.1 Å². The van der Waals surface area contributed by atoms with Crippen LogP contribution >= 0.6 is 0 Å². The zero-order valence-corrected chi connectivity index (χ0v) is 9.36. The molecular weight excluding hydrogens is 208 g/mol. The summed E-state index contributed by atoms with van der Waals surface area (Å²) in [7, 11) is 0. The van der Waals surface area contributed by atoms with Gasteiger partial charge in [0.15, 0.2) is 5.41 Å². The molecule has 1 heterocycles. The average molecular weight is 222 g/mol. The first-order chi connectivity index (χ1) is 7.44. The van der Waals surface area contributed by atoms with E-state index in [0.717, 1.165) is 6.42 Å². The molecular formula is C12H14O4. The molecule has 2 bridgehead atoms. The lowest BCUT2D eigenvalue weighted by molar-refractivity contribution is -0.253. The molecule has 0 aromatic rings. The lowest BCUT2D eigenvalue weighted by Gasteiger charge is -2.41. The molecule has 0 radical (unpaired) electrons. The van der Waals surface area contributed by atoms with Crippen molar-refractivity contribution in [2.75, 3.05) is 0 Å². The Morgan fingerprint density at radius 3 is 2.25 bits per heavy atom. The van der Waals surface area contributed by atoms with E-state index in [0.29, 0.717) is 12.3 Å². The van der Waals surface area contributed by atoms with Crippen molar-refractivity contribution in [3.8, 4) is 0 Å². The Hall–Kier alpha value is -1.32. The van der Waals surface area contributed by atoms with E-state index in [1.54, 1.807) is 13.8 Å². The van der Waals surface area contributed by atoms with E-state index in [1.807, 2.05) is 6.08 Å². The summed E-state index contributed by atoms with van der Waals surface area (Å²) >= 11 is 0. The molecule has 3 aliphatic rings. The molecule has 0 aromatic carbocycles. The largest absolute Gasteiger partial charge is 0.422 e. The number of allylic oxidation sites excluding steroid dienone is 2. The maximum atomic E-state index is 12.1. The van der Waals surface area contributed by atoms with E-state index in [2.05, 4.69) is 6.08 Å². The Morgan fingerprint density at radius 1 is 1.19 bits per heavy atom. The van der Waals surface area contributed by atoms with Gasteiger partial charge in [0.25, 0.3) is 5.79 Å². The first kappa shape index (κ1) is 9.87. The van der Waals surface area contributed by atoms with E-state index < -0.39 is 23.1 Å². The van der Waals surface area contributed by atoms with Crippen LogP contribution in [0.3, 0.4) is 0 Å². The minimum absolute atomic E-state index is 0.0337. The summed E-state index contributed by atoms with van der Waals surface area (Å²) in [5.41, 5.74) is -1.05. The number of ether oxygens (including phenoxy) is 2. The molecule has 2 atom stereocenters. The summed E-state index contributed by atoms with van der Waals surface area (Å²) in [4.78, 5) is 24.2. The van der Waals surface area contributed by atoms with Gasteiger partial charge in [-0.25, -0.2) is 0 Å². The number of rotatable bonds is 0. The van der Waals surface area contributed by atoms with Gasteiger partial charge in [0, 0.05) is 19.8 Å². The van der Waals surface area contributed by atoms with Crippen molar-refractivity contribution in [1.82, 2.24) is 0 Å². The minimum atomic E-state index is -1.12. The van der Waals surface area contributed by atoms with Crippen LogP contribution < -0.4 is 0 Å². The van der Waals surface area contributed by atoms with Crippen LogP contribution in [0.2, 0.25) is 0 Å². The fraction of sp³-hybridized carbons (Fsp3) is 0.667. The Balaban J connectivity index is 2.00. The summed E-state index contributed by atoms with van der Waals surface area (Å²) < 4.78 is 10.4. The number of esters is 2. The molecule has 2 fully saturated rings. The maximum Gasteiger partial charge on any atom is 0.327 e. The van der Waals surface area contributed by atoms with Gasteiger partial charge in [-0.15, -0.1) is 0 Å². The number of carbonyl (C=O) groups excluding carboxylic acids is 2. The van der Waals surface area contributed by atoms with Gasteiger partial charge in [0.2, 0.25) is 0 Å². The Morgan fingerprint density at radius 2 is 1.81 bits per heavy atom. The highest BCUT2D eigenvalue weighted by Crippen LogP contribution is 2.55. The fourth-order valence-corrected chi connectivity index (χ4v) is 3.06. The molecule has 2 unspecified atom stereocenters. The van der Waals surface area contributed by atoms with Gasteiger partial charge in [0.1, 0.15) is 0 Å². The van der Waals surface area contributed by atoms with Crippen molar-refractivity contribution in [3.05, 3.63) is 12.2 Å². The summed E-state index contributed by atoms with van der Waals surface area (Å²) in [6.07, 6.45) is 5.44. The summed E-state index contributed by atoms with van der Waals surface area (Å²) in [5.74, 6) is -1.65. The van der Waals surface area contributed by atoms with E-state index in [-0.39, 0.29) is 5.92 Å². The molecule has 1 saturated carbocycles. The van der Waals surface area contributed by atoms with Gasteiger partial charge in [-0.2, -0.15) is 0 Å². The van der Waals surface area contributed by atoms with E-state index in [4.69, 9.17) is 9.47 Å². The van der Waals surface area contributed by atoms with Crippen LogP contribution in [-0.4, -0.2) is 17.7 Å². The van der Waals surface area contributed by atoms with Crippen LogP contribution in [-0.2, 0) is 19.1 Å². The minimum Gasteiger partial charge on any atom is -0.422 e. The molecule has 4 nitrogen and oxygen atoms in total. The molecule has 2 aliphatic carbocycles. The molecule has 4 heteroatoms. The number of carbonyl (C=O) groups is 2. The zero-order chi connectivity index (χ0) is 11.6. The lowest BCUT2D eigenvalue weighted by Crippen LogP contribution is -2.55. The van der Waals surface area contributed by atoms with Crippen LogP contribution in [0, 0.1) is 17.3 Å². The summed E-state index contributed by atoms with van der Waals surface area (Å²) in [5, 5.41) is 0. The Bertz CT molecular complexity index is 387. The second-order valence-corrected chi connectivity index (χ2v) is 5.34. The molecule has 1 spiro atoms. The Kier molecular flexibility index (Phi) is 1.65. The van der Waals surface area contributed by atoms with Gasteiger partial charge in [0.05, 0.1) is 0 Å². The molecule has 16 heavy (non-hydrogen) atoms. The number of hydrogen-bond donors (Lipinski definition) is 0. The molecule has 0 N–H and O–H groups in total. The predicted octanol–water partition coefficient (Wildman–Crippen LogP) is 1.40. The summed E-state index contributed by atoms with van der Waals surface area (Å²) in [6.45, 7) is 3.16. The van der Waals surface area contributed by atoms with Crippen molar-refractivity contribution in [2.24, 2.45) is 17.3 Å². The van der Waals surface area contributed by atoms with E-state index >= 15 is 0 Å². The number of cyclic esters (lactones) is 2. The maximum absolute atomic E-state index is 12.1. The lowest BCUT2D eigenvalue weighted by atomic mass is 9.75. The third-order valence-electron chi connectivity index (χ3n) is 3.79. The molecule has 0 aromatic heterocycles. The second-order valence-electron chi connectivity index (χ2n) is 5.34. The smallest absolute Gasteiger partial charge is 0.327 e. The van der Waals surface area contributed by atoms with Gasteiger partial charge in [-0.1, -0.05) is 12.2 Å². The van der Waals surface area contributed by atoms with E-state index in [9.17, 15) is 9.59 Å².